The number of carboxylic acids is 1. The first-order valence-electron chi connectivity index (χ1n) is 5.62. The fourth-order valence-corrected chi connectivity index (χ4v) is 1.32. The fourth-order valence-electron chi connectivity index (χ4n) is 1.32. The number of hydrogen-bond acceptors (Lipinski definition) is 3. The summed E-state index contributed by atoms with van der Waals surface area (Å²) >= 11 is 0. The second-order valence-electron chi connectivity index (χ2n) is 4.01. The molecule has 0 saturated heterocycles. The van der Waals surface area contributed by atoms with E-state index in [1.165, 1.54) is 19.1 Å². The zero-order valence-corrected chi connectivity index (χ0v) is 10.6. The van der Waals surface area contributed by atoms with Crippen molar-refractivity contribution >= 4 is 23.9 Å². The van der Waals surface area contributed by atoms with Crippen LogP contribution in [0.2, 0.25) is 0 Å². The largest absolute Gasteiger partial charge is 0.478 e. The van der Waals surface area contributed by atoms with Gasteiger partial charge in [0.1, 0.15) is 11.9 Å². The van der Waals surface area contributed by atoms with E-state index in [9.17, 15) is 18.8 Å². The second-order valence-corrected chi connectivity index (χ2v) is 4.01. The summed E-state index contributed by atoms with van der Waals surface area (Å²) in [4.78, 5) is 32.8. The van der Waals surface area contributed by atoms with Crippen LogP contribution in [0.3, 0.4) is 0 Å². The van der Waals surface area contributed by atoms with E-state index in [-0.39, 0.29) is 11.1 Å². The number of rotatable bonds is 5. The van der Waals surface area contributed by atoms with E-state index < -0.39 is 29.6 Å². The molecule has 0 spiro atoms. The van der Waals surface area contributed by atoms with Gasteiger partial charge in [0.05, 0.1) is 0 Å². The number of nitrogens with one attached hydrogen (secondary N) is 1. The van der Waals surface area contributed by atoms with E-state index >= 15 is 0 Å². The monoisotopic (exact) mass is 280 g/mol. The van der Waals surface area contributed by atoms with Crippen molar-refractivity contribution in [3.63, 3.8) is 0 Å². The third-order valence-corrected chi connectivity index (χ3v) is 2.44. The summed E-state index contributed by atoms with van der Waals surface area (Å²) in [6.45, 7) is 1.40. The number of amides is 2. The molecule has 0 bridgehead atoms. The molecule has 0 fully saturated rings. The maximum atomic E-state index is 13.6. The molecule has 0 aromatic heterocycles. The Morgan fingerprint density at radius 2 is 2.05 bits per heavy atom. The zero-order valence-electron chi connectivity index (χ0n) is 10.6. The average Bonchev–Trinajstić information content (AvgIpc) is 2.36. The van der Waals surface area contributed by atoms with Crippen LogP contribution in [0, 0.1) is 5.82 Å². The predicted octanol–water partition coefficient (Wildman–Crippen LogP) is 0.527. The Bertz CT molecular complexity index is 584. The minimum atomic E-state index is -1.21. The molecule has 1 aromatic rings. The van der Waals surface area contributed by atoms with Crippen LogP contribution in [-0.2, 0) is 9.59 Å². The van der Waals surface area contributed by atoms with Gasteiger partial charge in [-0.25, -0.2) is 9.18 Å². The molecule has 0 saturated carbocycles. The molecule has 6 nitrogen and oxygen atoms in total. The fraction of sp³-hybridized carbons (Fsp3) is 0.154. The molecule has 2 amide bonds. The highest BCUT2D eigenvalue weighted by Gasteiger charge is 2.14. The highest BCUT2D eigenvalue weighted by atomic mass is 19.1. The summed E-state index contributed by atoms with van der Waals surface area (Å²) in [6, 6.07) is 2.65. The van der Waals surface area contributed by atoms with Gasteiger partial charge in [-0.05, 0) is 25.1 Å². The summed E-state index contributed by atoms with van der Waals surface area (Å²) < 4.78 is 13.6. The molecule has 106 valence electrons. The smallest absolute Gasteiger partial charge is 0.328 e. The Morgan fingerprint density at radius 3 is 2.55 bits per heavy atom. The van der Waals surface area contributed by atoms with Crippen molar-refractivity contribution in [2.24, 2.45) is 5.73 Å². The third-order valence-electron chi connectivity index (χ3n) is 2.44. The number of benzene rings is 1. The van der Waals surface area contributed by atoms with Gasteiger partial charge in [0.15, 0.2) is 0 Å². The lowest BCUT2D eigenvalue weighted by Gasteiger charge is -2.10. The molecule has 0 aliphatic carbocycles. The average molecular weight is 280 g/mol. The Morgan fingerprint density at radius 1 is 1.40 bits per heavy atom. The van der Waals surface area contributed by atoms with Crippen molar-refractivity contribution in [1.29, 1.82) is 0 Å². The van der Waals surface area contributed by atoms with Crippen molar-refractivity contribution in [3.8, 4) is 0 Å². The number of carbonyl (C=O) groups is 3. The lowest BCUT2D eigenvalue weighted by molar-refractivity contribution is -0.131. The van der Waals surface area contributed by atoms with Crippen LogP contribution in [-0.4, -0.2) is 28.9 Å². The molecule has 1 unspecified atom stereocenters. The van der Waals surface area contributed by atoms with Crippen LogP contribution in [0.4, 0.5) is 4.39 Å². The number of hydrogen-bond donors (Lipinski definition) is 3. The first-order valence-corrected chi connectivity index (χ1v) is 5.62. The molecule has 0 aliphatic heterocycles. The van der Waals surface area contributed by atoms with E-state index in [4.69, 9.17) is 10.8 Å². The van der Waals surface area contributed by atoms with Crippen LogP contribution in [0.5, 0.6) is 0 Å². The Kier molecular flexibility index (Phi) is 4.96. The minimum absolute atomic E-state index is 0.00285. The number of nitrogens with two attached hydrogens (primary N) is 1. The van der Waals surface area contributed by atoms with Gasteiger partial charge >= 0.3 is 5.97 Å². The SMILES string of the molecule is CC(NC(=O)c1ccc(C=CC(=O)O)c(F)c1)C(N)=O. The normalized spacial score (nSPS) is 12.1. The van der Waals surface area contributed by atoms with Crippen molar-refractivity contribution in [1.82, 2.24) is 5.32 Å². The molecule has 1 rings (SSSR count). The highest BCUT2D eigenvalue weighted by molar-refractivity contribution is 5.97. The van der Waals surface area contributed by atoms with Crippen molar-refractivity contribution in [2.45, 2.75) is 13.0 Å². The topological polar surface area (TPSA) is 109 Å². The predicted molar refractivity (Wildman–Crippen MR) is 69.2 cm³/mol. The van der Waals surface area contributed by atoms with E-state index in [1.807, 2.05) is 0 Å². The molecule has 20 heavy (non-hydrogen) atoms. The second kappa shape index (κ2) is 6.46. The molecular weight excluding hydrogens is 267 g/mol. The summed E-state index contributed by atoms with van der Waals surface area (Å²) in [5, 5.41) is 10.7. The Hall–Kier alpha value is -2.70. The Labute approximate surface area is 114 Å². The van der Waals surface area contributed by atoms with E-state index in [0.717, 1.165) is 18.2 Å². The third kappa shape index (κ3) is 4.20. The summed E-state index contributed by atoms with van der Waals surface area (Å²) in [5.74, 6) is -3.31. The summed E-state index contributed by atoms with van der Waals surface area (Å²) in [7, 11) is 0. The molecule has 0 radical (unpaired) electrons. The standard InChI is InChI=1S/C13H13FN2O4/c1-7(12(15)19)16-13(20)9-3-2-8(10(14)6-9)4-5-11(17)18/h2-7H,1H3,(H2,15,19)(H,16,20)(H,17,18). The lowest BCUT2D eigenvalue weighted by Crippen LogP contribution is -2.42. The summed E-state index contributed by atoms with van der Waals surface area (Å²) in [5.41, 5.74) is 5.03. The molecule has 0 aliphatic rings. The van der Waals surface area contributed by atoms with Crippen LogP contribution in [0.25, 0.3) is 6.08 Å². The van der Waals surface area contributed by atoms with Gasteiger partial charge in [-0.2, -0.15) is 0 Å². The van der Waals surface area contributed by atoms with Gasteiger partial charge in [0.2, 0.25) is 5.91 Å². The quantitative estimate of drug-likeness (QED) is 0.683. The number of carbonyl (C=O) groups excluding carboxylic acids is 2. The first-order chi connectivity index (χ1) is 9.31. The molecule has 1 atom stereocenters. The zero-order chi connectivity index (χ0) is 15.3. The van der Waals surface area contributed by atoms with Crippen molar-refractivity contribution < 1.29 is 23.9 Å². The maximum absolute atomic E-state index is 13.6. The van der Waals surface area contributed by atoms with E-state index in [2.05, 4.69) is 5.32 Å². The minimum Gasteiger partial charge on any atom is -0.478 e. The first kappa shape index (κ1) is 15.4. The summed E-state index contributed by atoms with van der Waals surface area (Å²) in [6.07, 6.45) is 1.86. The van der Waals surface area contributed by atoms with Crippen LogP contribution < -0.4 is 11.1 Å². The van der Waals surface area contributed by atoms with Gasteiger partial charge in [0.25, 0.3) is 5.91 Å². The number of halogens is 1. The molecule has 0 heterocycles. The molecular formula is C13H13FN2O4. The van der Waals surface area contributed by atoms with Crippen LogP contribution in [0.15, 0.2) is 24.3 Å². The molecule has 1 aromatic carbocycles. The van der Waals surface area contributed by atoms with Crippen LogP contribution in [0.1, 0.15) is 22.8 Å². The van der Waals surface area contributed by atoms with Crippen molar-refractivity contribution in [3.05, 3.63) is 41.2 Å². The maximum Gasteiger partial charge on any atom is 0.328 e. The Balaban J connectivity index is 2.89. The van der Waals surface area contributed by atoms with Gasteiger partial charge in [-0.3, -0.25) is 9.59 Å². The van der Waals surface area contributed by atoms with E-state index in [0.29, 0.717) is 0 Å². The van der Waals surface area contributed by atoms with Gasteiger partial charge in [0, 0.05) is 17.2 Å². The molecule has 7 heteroatoms. The van der Waals surface area contributed by atoms with Gasteiger partial charge in [-0.15, -0.1) is 0 Å². The van der Waals surface area contributed by atoms with E-state index in [1.54, 1.807) is 0 Å². The lowest BCUT2D eigenvalue weighted by atomic mass is 10.1. The van der Waals surface area contributed by atoms with Gasteiger partial charge < -0.3 is 16.2 Å². The number of aliphatic carboxylic acids is 1. The highest BCUT2D eigenvalue weighted by Crippen LogP contribution is 2.12. The molecule has 4 N–H and O–H groups in total. The van der Waals surface area contributed by atoms with Crippen LogP contribution >= 0.6 is 0 Å². The van der Waals surface area contributed by atoms with Crippen molar-refractivity contribution in [2.75, 3.05) is 0 Å². The number of primary amides is 1. The number of carboxylic acid groups (broad SMARTS) is 1. The van der Waals surface area contributed by atoms with Gasteiger partial charge in [-0.1, -0.05) is 6.07 Å².